The Morgan fingerprint density at radius 2 is 2.20 bits per heavy atom. The average molecular weight is 271 g/mol. The van der Waals surface area contributed by atoms with Gasteiger partial charge in [0.15, 0.2) is 0 Å². The second-order valence-corrected chi connectivity index (χ2v) is 4.18. The van der Waals surface area contributed by atoms with Crippen molar-refractivity contribution in [2.24, 2.45) is 0 Å². The molecule has 0 aliphatic rings. The van der Waals surface area contributed by atoms with Crippen LogP contribution in [-0.2, 0) is 11.4 Å². The first kappa shape index (κ1) is 13.8. The van der Waals surface area contributed by atoms with E-state index in [1.54, 1.807) is 35.8 Å². The number of esters is 1. The number of aliphatic hydroxyl groups is 1. The van der Waals surface area contributed by atoms with Crippen LogP contribution in [-0.4, -0.2) is 20.6 Å². The van der Waals surface area contributed by atoms with Gasteiger partial charge in [0.2, 0.25) is 0 Å². The molecule has 1 atom stereocenters. The van der Waals surface area contributed by atoms with Gasteiger partial charge in [-0.1, -0.05) is 0 Å². The molecule has 0 radical (unpaired) electrons. The van der Waals surface area contributed by atoms with E-state index in [0.717, 1.165) is 0 Å². The molecule has 0 fully saturated rings. The number of nitrogens with zero attached hydrogens (tertiary/aromatic N) is 3. The highest BCUT2D eigenvalue weighted by molar-refractivity contribution is 5.76. The van der Waals surface area contributed by atoms with Gasteiger partial charge in [-0.05, 0) is 31.2 Å². The Balaban J connectivity index is 2.09. The number of aromatic nitrogens is 2. The van der Waals surface area contributed by atoms with Gasteiger partial charge in [-0.25, -0.2) is 9.78 Å². The summed E-state index contributed by atoms with van der Waals surface area (Å²) in [6, 6.07) is 7.65. The minimum Gasteiger partial charge on any atom is -0.425 e. The quantitative estimate of drug-likeness (QED) is 0.671. The van der Waals surface area contributed by atoms with Crippen LogP contribution in [0.2, 0.25) is 0 Å². The van der Waals surface area contributed by atoms with Gasteiger partial charge in [0.25, 0.3) is 0 Å². The lowest BCUT2D eigenvalue weighted by Crippen LogP contribution is -2.22. The number of carbonyl (C=O) groups excluding carboxylic acids is 1. The van der Waals surface area contributed by atoms with Crippen molar-refractivity contribution >= 4 is 5.97 Å². The fourth-order valence-electron chi connectivity index (χ4n) is 1.72. The van der Waals surface area contributed by atoms with Crippen LogP contribution in [0.25, 0.3) is 0 Å². The van der Waals surface area contributed by atoms with E-state index in [4.69, 9.17) is 15.1 Å². The second kappa shape index (κ2) is 5.99. The molecule has 0 spiro atoms. The Morgan fingerprint density at radius 3 is 2.80 bits per heavy atom. The summed E-state index contributed by atoms with van der Waals surface area (Å²) in [7, 11) is 0. The minimum atomic E-state index is -0.602. The van der Waals surface area contributed by atoms with E-state index in [0.29, 0.717) is 17.0 Å². The van der Waals surface area contributed by atoms with Crippen LogP contribution < -0.4 is 4.74 Å². The van der Waals surface area contributed by atoms with Gasteiger partial charge < -0.3 is 14.4 Å². The van der Waals surface area contributed by atoms with E-state index >= 15 is 0 Å². The molecule has 2 aromatic rings. The molecule has 2 rings (SSSR count). The SMILES string of the molecule is CC(C(=O)Oc1ccc(C#N)cc1)n1cncc1CO. The molecule has 1 N–H and O–H groups in total. The van der Waals surface area contributed by atoms with E-state index in [1.165, 1.54) is 12.5 Å². The Kier molecular flexibility index (Phi) is 4.13. The first-order chi connectivity index (χ1) is 9.65. The molecular weight excluding hydrogens is 258 g/mol. The molecule has 102 valence electrons. The van der Waals surface area contributed by atoms with Crippen molar-refractivity contribution in [3.8, 4) is 11.8 Å². The van der Waals surface area contributed by atoms with Crippen LogP contribution in [0.4, 0.5) is 0 Å². The smallest absolute Gasteiger partial charge is 0.334 e. The fourth-order valence-corrected chi connectivity index (χ4v) is 1.72. The summed E-state index contributed by atoms with van der Waals surface area (Å²) in [5.74, 6) is -0.103. The van der Waals surface area contributed by atoms with Gasteiger partial charge in [0.1, 0.15) is 11.8 Å². The topological polar surface area (TPSA) is 88.1 Å². The molecule has 0 saturated carbocycles. The van der Waals surface area contributed by atoms with Gasteiger partial charge in [-0.3, -0.25) is 0 Å². The molecule has 1 unspecified atom stereocenters. The van der Waals surface area contributed by atoms with Gasteiger partial charge in [0.05, 0.1) is 36.5 Å². The molecule has 0 aliphatic heterocycles. The molecule has 6 nitrogen and oxygen atoms in total. The van der Waals surface area contributed by atoms with Crippen LogP contribution in [0.3, 0.4) is 0 Å². The number of carbonyl (C=O) groups is 1. The maximum atomic E-state index is 12.0. The Labute approximate surface area is 115 Å². The number of hydrogen-bond donors (Lipinski definition) is 1. The van der Waals surface area contributed by atoms with Crippen molar-refractivity contribution < 1.29 is 14.6 Å². The molecule has 0 bridgehead atoms. The number of imidazole rings is 1. The van der Waals surface area contributed by atoms with Gasteiger partial charge in [-0.2, -0.15) is 5.26 Å². The molecule has 0 saturated heterocycles. The summed E-state index contributed by atoms with van der Waals surface area (Å²) in [5, 5.41) is 17.8. The standard InChI is InChI=1S/C14H13N3O3/c1-10(17-9-16-7-12(17)8-18)14(19)20-13-4-2-11(6-15)3-5-13/h2-5,7,9-10,18H,8H2,1H3. The van der Waals surface area contributed by atoms with Crippen molar-refractivity contribution in [3.63, 3.8) is 0 Å². The average Bonchev–Trinajstić information content (AvgIpc) is 2.95. The summed E-state index contributed by atoms with van der Waals surface area (Å²) in [5.41, 5.74) is 1.03. The number of nitriles is 1. The van der Waals surface area contributed by atoms with Gasteiger partial charge >= 0.3 is 5.97 Å². The molecule has 6 heteroatoms. The van der Waals surface area contributed by atoms with Crippen molar-refractivity contribution in [1.29, 1.82) is 5.26 Å². The number of rotatable bonds is 4. The van der Waals surface area contributed by atoms with Gasteiger partial charge in [0, 0.05) is 0 Å². The predicted octanol–water partition coefficient (Wildman–Crippen LogP) is 1.41. The number of benzene rings is 1. The summed E-state index contributed by atoms with van der Waals surface area (Å²) >= 11 is 0. The van der Waals surface area contributed by atoms with Crippen molar-refractivity contribution in [1.82, 2.24) is 9.55 Å². The molecular formula is C14H13N3O3. The number of hydrogen-bond acceptors (Lipinski definition) is 5. The maximum Gasteiger partial charge on any atom is 0.334 e. The molecule has 1 aromatic heterocycles. The minimum absolute atomic E-state index is 0.200. The van der Waals surface area contributed by atoms with Crippen LogP contribution in [0.1, 0.15) is 24.2 Å². The largest absolute Gasteiger partial charge is 0.425 e. The molecule has 1 aromatic carbocycles. The number of aliphatic hydroxyl groups excluding tert-OH is 1. The molecule has 1 heterocycles. The van der Waals surface area contributed by atoms with Gasteiger partial charge in [-0.15, -0.1) is 0 Å². The third kappa shape index (κ3) is 2.84. The lowest BCUT2D eigenvalue weighted by atomic mass is 10.2. The van der Waals surface area contributed by atoms with Crippen LogP contribution >= 0.6 is 0 Å². The van der Waals surface area contributed by atoms with Crippen LogP contribution in [0, 0.1) is 11.3 Å². The first-order valence-corrected chi connectivity index (χ1v) is 5.99. The predicted molar refractivity (Wildman–Crippen MR) is 69.7 cm³/mol. The first-order valence-electron chi connectivity index (χ1n) is 5.99. The third-order valence-electron chi connectivity index (χ3n) is 2.87. The second-order valence-electron chi connectivity index (χ2n) is 4.18. The molecule has 20 heavy (non-hydrogen) atoms. The zero-order valence-electron chi connectivity index (χ0n) is 10.9. The Hall–Kier alpha value is -2.65. The van der Waals surface area contributed by atoms with Crippen molar-refractivity contribution in [2.45, 2.75) is 19.6 Å². The monoisotopic (exact) mass is 271 g/mol. The van der Waals surface area contributed by atoms with Crippen molar-refractivity contribution in [2.75, 3.05) is 0 Å². The highest BCUT2D eigenvalue weighted by Crippen LogP contribution is 2.16. The lowest BCUT2D eigenvalue weighted by molar-refractivity contribution is -0.137. The van der Waals surface area contributed by atoms with Crippen molar-refractivity contribution in [3.05, 3.63) is 48.0 Å². The van der Waals surface area contributed by atoms with Crippen LogP contribution in [0.5, 0.6) is 5.75 Å². The third-order valence-corrected chi connectivity index (χ3v) is 2.87. The highest BCUT2D eigenvalue weighted by Gasteiger charge is 2.19. The Morgan fingerprint density at radius 1 is 1.50 bits per heavy atom. The van der Waals surface area contributed by atoms with E-state index in [2.05, 4.69) is 4.98 Å². The number of ether oxygens (including phenoxy) is 1. The highest BCUT2D eigenvalue weighted by atomic mass is 16.5. The van der Waals surface area contributed by atoms with E-state index in [9.17, 15) is 4.79 Å². The maximum absolute atomic E-state index is 12.0. The molecule has 0 amide bonds. The summed E-state index contributed by atoms with van der Waals surface area (Å²) in [6.07, 6.45) is 2.96. The normalized spacial score (nSPS) is 11.7. The summed E-state index contributed by atoms with van der Waals surface area (Å²) in [6.45, 7) is 1.46. The summed E-state index contributed by atoms with van der Waals surface area (Å²) < 4.78 is 6.77. The summed E-state index contributed by atoms with van der Waals surface area (Å²) in [4.78, 5) is 15.9. The van der Waals surface area contributed by atoms with E-state index in [1.807, 2.05) is 6.07 Å². The Bertz CT molecular complexity index is 640. The zero-order chi connectivity index (χ0) is 14.5. The molecule has 0 aliphatic carbocycles. The lowest BCUT2D eigenvalue weighted by Gasteiger charge is -2.14. The van der Waals surface area contributed by atoms with E-state index < -0.39 is 12.0 Å². The van der Waals surface area contributed by atoms with E-state index in [-0.39, 0.29) is 6.61 Å². The van der Waals surface area contributed by atoms with Crippen LogP contribution in [0.15, 0.2) is 36.8 Å². The fraction of sp³-hybridized carbons (Fsp3) is 0.214. The zero-order valence-corrected chi connectivity index (χ0v) is 10.9.